The number of hydrogen-bond donors (Lipinski definition) is 1. The van der Waals surface area contributed by atoms with E-state index in [2.05, 4.69) is 13.0 Å². The lowest BCUT2D eigenvalue weighted by molar-refractivity contribution is 0.483. The molecule has 1 N–H and O–H groups in total. The lowest BCUT2D eigenvalue weighted by Gasteiger charge is -1.93. The van der Waals surface area contributed by atoms with Crippen LogP contribution in [0.4, 0.5) is 0 Å². The molecule has 56 valence electrons. The monoisotopic (exact) mass is 164 g/mol. The number of hydrogen-bond acceptors (Lipinski definition) is 2. The lowest BCUT2D eigenvalue weighted by Crippen LogP contribution is -1.69. The van der Waals surface area contributed by atoms with Crippen LogP contribution in [0.1, 0.15) is 5.56 Å². The molecule has 0 bridgehead atoms. The highest BCUT2D eigenvalue weighted by Gasteiger charge is 2.02. The molecule has 1 nitrogen and oxygen atoms in total. The molecular formula is C9H8OS. The maximum Gasteiger partial charge on any atom is 0.134 e. The molecule has 2 aromatic rings. The maximum atomic E-state index is 9.35. The summed E-state index contributed by atoms with van der Waals surface area (Å²) in [6.45, 7) is 2.05. The minimum absolute atomic E-state index is 0.397. The molecule has 0 saturated carbocycles. The fourth-order valence-electron chi connectivity index (χ4n) is 1.19. The zero-order valence-electron chi connectivity index (χ0n) is 6.16. The molecular weight excluding hydrogens is 156 g/mol. The molecule has 0 radical (unpaired) electrons. The van der Waals surface area contributed by atoms with Crippen molar-refractivity contribution in [1.29, 1.82) is 0 Å². The fraction of sp³-hybridized carbons (Fsp3) is 0.111. The number of rotatable bonds is 0. The van der Waals surface area contributed by atoms with Gasteiger partial charge in [0.15, 0.2) is 0 Å². The molecule has 1 aromatic carbocycles. The molecule has 1 heterocycles. The van der Waals surface area contributed by atoms with Gasteiger partial charge in [0.1, 0.15) is 5.75 Å². The van der Waals surface area contributed by atoms with E-state index in [1.54, 1.807) is 16.7 Å². The van der Waals surface area contributed by atoms with E-state index in [0.717, 1.165) is 5.39 Å². The first-order valence-corrected chi connectivity index (χ1v) is 4.33. The molecule has 0 atom stereocenters. The number of thiophene rings is 1. The highest BCUT2D eigenvalue weighted by Crippen LogP contribution is 2.32. The Morgan fingerprint density at radius 3 is 2.91 bits per heavy atom. The predicted molar refractivity (Wildman–Crippen MR) is 48.2 cm³/mol. The Morgan fingerprint density at radius 2 is 2.18 bits per heavy atom. The van der Waals surface area contributed by atoms with E-state index < -0.39 is 0 Å². The minimum Gasteiger partial charge on any atom is -0.506 e. The third-order valence-corrected chi connectivity index (χ3v) is 2.89. The van der Waals surface area contributed by atoms with Gasteiger partial charge in [0.2, 0.25) is 0 Å². The van der Waals surface area contributed by atoms with Gasteiger partial charge in [-0.3, -0.25) is 0 Å². The molecule has 2 rings (SSSR count). The van der Waals surface area contributed by atoms with Crippen LogP contribution in [0.5, 0.6) is 5.75 Å². The summed E-state index contributed by atoms with van der Waals surface area (Å²) >= 11 is 1.59. The third-order valence-electron chi connectivity index (χ3n) is 1.78. The molecule has 1 aromatic heterocycles. The van der Waals surface area contributed by atoms with Crippen LogP contribution in [0.3, 0.4) is 0 Å². The molecule has 2 heteroatoms. The van der Waals surface area contributed by atoms with Crippen molar-refractivity contribution in [2.75, 3.05) is 0 Å². The number of aryl methyl sites for hydroxylation is 1. The summed E-state index contributed by atoms with van der Waals surface area (Å²) < 4.78 is 1.19. The van der Waals surface area contributed by atoms with Gasteiger partial charge in [-0.1, -0.05) is 12.1 Å². The second kappa shape index (κ2) is 2.24. The second-order valence-corrected chi connectivity index (χ2v) is 3.45. The van der Waals surface area contributed by atoms with Gasteiger partial charge >= 0.3 is 0 Å². The molecule has 0 amide bonds. The Morgan fingerprint density at radius 1 is 1.36 bits per heavy atom. The molecule has 0 aliphatic heterocycles. The first-order valence-electron chi connectivity index (χ1n) is 3.45. The van der Waals surface area contributed by atoms with Crippen molar-refractivity contribution in [3.05, 3.63) is 29.1 Å². The van der Waals surface area contributed by atoms with Crippen molar-refractivity contribution in [2.24, 2.45) is 0 Å². The van der Waals surface area contributed by atoms with E-state index in [1.807, 2.05) is 12.1 Å². The van der Waals surface area contributed by atoms with Crippen LogP contribution in [0.2, 0.25) is 0 Å². The van der Waals surface area contributed by atoms with Gasteiger partial charge in [0.25, 0.3) is 0 Å². The SMILES string of the molecule is Cc1cccc2c(O)csc12. The van der Waals surface area contributed by atoms with Crippen molar-refractivity contribution in [2.45, 2.75) is 6.92 Å². The van der Waals surface area contributed by atoms with Crippen LogP contribution in [0.25, 0.3) is 10.1 Å². The fourth-order valence-corrected chi connectivity index (χ4v) is 2.10. The molecule has 0 spiro atoms. The first kappa shape index (κ1) is 6.68. The first-order chi connectivity index (χ1) is 5.29. The van der Waals surface area contributed by atoms with Gasteiger partial charge < -0.3 is 5.11 Å². The predicted octanol–water partition coefficient (Wildman–Crippen LogP) is 2.92. The van der Waals surface area contributed by atoms with E-state index in [-0.39, 0.29) is 0 Å². The zero-order chi connectivity index (χ0) is 7.84. The normalized spacial score (nSPS) is 10.6. The van der Waals surface area contributed by atoms with Crippen molar-refractivity contribution in [3.63, 3.8) is 0 Å². The van der Waals surface area contributed by atoms with Crippen LogP contribution >= 0.6 is 11.3 Å². The van der Waals surface area contributed by atoms with Gasteiger partial charge in [0.05, 0.1) is 0 Å². The van der Waals surface area contributed by atoms with Crippen molar-refractivity contribution in [1.82, 2.24) is 0 Å². The zero-order valence-corrected chi connectivity index (χ0v) is 6.98. The number of aromatic hydroxyl groups is 1. The largest absolute Gasteiger partial charge is 0.506 e. The Kier molecular flexibility index (Phi) is 1.36. The Bertz CT molecular complexity index is 389. The summed E-state index contributed by atoms with van der Waals surface area (Å²) in [5, 5.41) is 12.1. The van der Waals surface area contributed by atoms with E-state index in [0.29, 0.717) is 5.75 Å². The van der Waals surface area contributed by atoms with Crippen LogP contribution in [-0.4, -0.2) is 5.11 Å². The summed E-state index contributed by atoms with van der Waals surface area (Å²) in [6, 6.07) is 5.95. The quantitative estimate of drug-likeness (QED) is 0.634. The Labute approximate surface area is 68.9 Å². The molecule has 0 aliphatic carbocycles. The van der Waals surface area contributed by atoms with Gasteiger partial charge in [-0.25, -0.2) is 0 Å². The number of benzene rings is 1. The Balaban J connectivity index is 2.94. The second-order valence-electron chi connectivity index (χ2n) is 2.57. The summed E-state index contributed by atoms with van der Waals surface area (Å²) in [6.07, 6.45) is 0. The smallest absolute Gasteiger partial charge is 0.134 e. The van der Waals surface area contributed by atoms with Crippen LogP contribution in [0, 0.1) is 6.92 Å². The average molecular weight is 164 g/mol. The summed E-state index contributed by atoms with van der Waals surface area (Å²) in [4.78, 5) is 0. The van der Waals surface area contributed by atoms with Gasteiger partial charge in [-0.05, 0) is 18.6 Å². The molecule has 0 unspecified atom stereocenters. The van der Waals surface area contributed by atoms with E-state index in [4.69, 9.17) is 0 Å². The van der Waals surface area contributed by atoms with Crippen molar-refractivity contribution >= 4 is 21.4 Å². The topological polar surface area (TPSA) is 20.2 Å². The van der Waals surface area contributed by atoms with E-state index >= 15 is 0 Å². The molecule has 0 aliphatic rings. The maximum absolute atomic E-state index is 9.35. The highest BCUT2D eigenvalue weighted by molar-refractivity contribution is 7.17. The van der Waals surface area contributed by atoms with E-state index in [1.165, 1.54) is 10.3 Å². The van der Waals surface area contributed by atoms with Crippen LogP contribution < -0.4 is 0 Å². The van der Waals surface area contributed by atoms with Crippen LogP contribution in [-0.2, 0) is 0 Å². The standard InChI is InChI=1S/C9H8OS/c1-6-3-2-4-7-8(10)5-11-9(6)7/h2-5,10H,1H3. The minimum atomic E-state index is 0.397. The van der Waals surface area contributed by atoms with E-state index in [9.17, 15) is 5.11 Å². The summed E-state index contributed by atoms with van der Waals surface area (Å²) in [5.74, 6) is 0.397. The summed E-state index contributed by atoms with van der Waals surface area (Å²) in [7, 11) is 0. The third kappa shape index (κ3) is 0.906. The Hall–Kier alpha value is -1.02. The van der Waals surface area contributed by atoms with Crippen LogP contribution in [0.15, 0.2) is 23.6 Å². The van der Waals surface area contributed by atoms with Gasteiger partial charge in [-0.15, -0.1) is 11.3 Å². The molecule has 0 saturated heterocycles. The summed E-state index contributed by atoms with van der Waals surface area (Å²) in [5.41, 5.74) is 1.23. The highest BCUT2D eigenvalue weighted by atomic mass is 32.1. The van der Waals surface area contributed by atoms with Crippen molar-refractivity contribution in [3.8, 4) is 5.75 Å². The number of fused-ring (bicyclic) bond motifs is 1. The molecule has 0 fully saturated rings. The average Bonchev–Trinajstić information content (AvgIpc) is 2.35. The van der Waals surface area contributed by atoms with Gasteiger partial charge in [-0.2, -0.15) is 0 Å². The molecule has 11 heavy (non-hydrogen) atoms. The van der Waals surface area contributed by atoms with Gasteiger partial charge in [0, 0.05) is 15.5 Å². The van der Waals surface area contributed by atoms with Crippen molar-refractivity contribution < 1.29 is 5.11 Å². The lowest BCUT2D eigenvalue weighted by atomic mass is 10.2.